The molecule has 1 heterocycles. The van der Waals surface area contributed by atoms with E-state index in [0.717, 1.165) is 23.4 Å². The molecule has 0 bridgehead atoms. The average molecular weight is 398 g/mol. The number of carbonyl (C=O) groups excluding carboxylic acids is 1. The second-order valence-corrected chi connectivity index (χ2v) is 7.78. The third-order valence-electron chi connectivity index (χ3n) is 5.56. The fourth-order valence-electron chi connectivity index (χ4n) is 3.85. The first-order valence-corrected chi connectivity index (χ1v) is 10.7. The number of benzene rings is 1. The van der Waals surface area contributed by atoms with Crippen LogP contribution in [-0.2, 0) is 11.3 Å². The summed E-state index contributed by atoms with van der Waals surface area (Å²) in [6, 6.07) is 11.2. The largest absolute Gasteiger partial charge is 0.494 e. The highest BCUT2D eigenvalue weighted by atomic mass is 16.5. The van der Waals surface area contributed by atoms with Gasteiger partial charge in [0.1, 0.15) is 5.75 Å². The van der Waals surface area contributed by atoms with Crippen LogP contribution in [0, 0.1) is 5.92 Å². The SMILES string of the molecule is CCOc1ccc(-c2ccc(=O)n(CCCC(=O)NC3CCCCC3C)n2)cc1. The molecule has 3 rings (SSSR count). The predicted molar refractivity (Wildman–Crippen MR) is 114 cm³/mol. The molecular weight excluding hydrogens is 366 g/mol. The molecule has 2 atom stereocenters. The summed E-state index contributed by atoms with van der Waals surface area (Å²) in [5, 5.41) is 7.64. The Kier molecular flexibility index (Phi) is 7.44. The van der Waals surface area contributed by atoms with Crippen molar-refractivity contribution >= 4 is 5.91 Å². The lowest BCUT2D eigenvalue weighted by Gasteiger charge is -2.29. The molecule has 29 heavy (non-hydrogen) atoms. The van der Waals surface area contributed by atoms with Crippen LogP contribution in [0.3, 0.4) is 0 Å². The molecule has 1 fully saturated rings. The highest BCUT2D eigenvalue weighted by molar-refractivity contribution is 5.76. The van der Waals surface area contributed by atoms with E-state index in [1.165, 1.54) is 30.0 Å². The molecule has 0 spiro atoms. The van der Waals surface area contributed by atoms with Gasteiger partial charge in [0.2, 0.25) is 5.91 Å². The van der Waals surface area contributed by atoms with Gasteiger partial charge in [-0.05, 0) is 62.4 Å². The molecule has 0 radical (unpaired) electrons. The number of aromatic nitrogens is 2. The number of nitrogens with zero attached hydrogens (tertiary/aromatic N) is 2. The Labute approximate surface area is 172 Å². The van der Waals surface area contributed by atoms with Gasteiger partial charge in [0, 0.05) is 30.6 Å². The van der Waals surface area contributed by atoms with Gasteiger partial charge in [-0.3, -0.25) is 9.59 Å². The summed E-state index contributed by atoms with van der Waals surface area (Å²) < 4.78 is 6.91. The first-order chi connectivity index (χ1) is 14.1. The average Bonchev–Trinajstić information content (AvgIpc) is 2.72. The van der Waals surface area contributed by atoms with Crippen molar-refractivity contribution in [2.24, 2.45) is 5.92 Å². The summed E-state index contributed by atoms with van der Waals surface area (Å²) in [7, 11) is 0. The van der Waals surface area contributed by atoms with Gasteiger partial charge in [-0.1, -0.05) is 19.8 Å². The second kappa shape index (κ2) is 10.2. The molecule has 1 saturated carbocycles. The maximum atomic E-state index is 12.3. The van der Waals surface area contributed by atoms with E-state index in [4.69, 9.17) is 4.74 Å². The fourth-order valence-corrected chi connectivity index (χ4v) is 3.85. The number of amides is 1. The van der Waals surface area contributed by atoms with Crippen molar-refractivity contribution in [3.05, 3.63) is 46.8 Å². The van der Waals surface area contributed by atoms with E-state index in [-0.39, 0.29) is 11.5 Å². The lowest BCUT2D eigenvalue weighted by molar-refractivity contribution is -0.122. The Morgan fingerprint density at radius 2 is 1.93 bits per heavy atom. The molecule has 6 heteroatoms. The standard InChI is InChI=1S/C23H31N3O3/c1-3-29-19-12-10-18(11-13-19)21-14-15-23(28)26(25-21)16-6-9-22(27)24-20-8-5-4-7-17(20)2/h10-15,17,20H,3-9,16H2,1-2H3,(H,24,27). The zero-order valence-electron chi connectivity index (χ0n) is 17.4. The van der Waals surface area contributed by atoms with Gasteiger partial charge < -0.3 is 10.1 Å². The third-order valence-corrected chi connectivity index (χ3v) is 5.56. The number of hydrogen-bond acceptors (Lipinski definition) is 4. The number of ether oxygens (including phenoxy) is 1. The van der Waals surface area contributed by atoms with Crippen LogP contribution in [0.1, 0.15) is 52.4 Å². The van der Waals surface area contributed by atoms with Gasteiger partial charge in [-0.15, -0.1) is 0 Å². The van der Waals surface area contributed by atoms with Gasteiger partial charge in [0.25, 0.3) is 5.56 Å². The van der Waals surface area contributed by atoms with E-state index in [0.29, 0.717) is 38.0 Å². The normalized spacial score (nSPS) is 19.0. The number of rotatable bonds is 8. The van der Waals surface area contributed by atoms with E-state index in [2.05, 4.69) is 17.3 Å². The number of hydrogen-bond donors (Lipinski definition) is 1. The smallest absolute Gasteiger partial charge is 0.266 e. The quantitative estimate of drug-likeness (QED) is 0.736. The summed E-state index contributed by atoms with van der Waals surface area (Å²) >= 11 is 0. The summed E-state index contributed by atoms with van der Waals surface area (Å²) in [4.78, 5) is 24.4. The van der Waals surface area contributed by atoms with Crippen LogP contribution in [0.25, 0.3) is 11.3 Å². The van der Waals surface area contributed by atoms with Crippen molar-refractivity contribution in [1.29, 1.82) is 0 Å². The van der Waals surface area contributed by atoms with Crippen LogP contribution < -0.4 is 15.6 Å². The van der Waals surface area contributed by atoms with E-state index in [1.807, 2.05) is 31.2 Å². The zero-order chi connectivity index (χ0) is 20.6. The first-order valence-electron chi connectivity index (χ1n) is 10.7. The third kappa shape index (κ3) is 5.92. The molecule has 156 valence electrons. The second-order valence-electron chi connectivity index (χ2n) is 7.78. The van der Waals surface area contributed by atoms with E-state index < -0.39 is 0 Å². The van der Waals surface area contributed by atoms with Crippen LogP contribution in [0.4, 0.5) is 0 Å². The Balaban J connectivity index is 1.56. The Bertz CT molecular complexity index is 860. The maximum Gasteiger partial charge on any atom is 0.266 e. The van der Waals surface area contributed by atoms with Gasteiger partial charge in [0.15, 0.2) is 0 Å². The Morgan fingerprint density at radius 3 is 2.66 bits per heavy atom. The van der Waals surface area contributed by atoms with Crippen molar-refractivity contribution in [2.75, 3.05) is 6.61 Å². The number of nitrogens with one attached hydrogen (secondary N) is 1. The summed E-state index contributed by atoms with van der Waals surface area (Å²) in [6.45, 7) is 5.20. The lowest BCUT2D eigenvalue weighted by atomic mass is 9.86. The molecule has 0 aliphatic heterocycles. The zero-order valence-corrected chi connectivity index (χ0v) is 17.4. The van der Waals surface area contributed by atoms with Crippen LogP contribution >= 0.6 is 0 Å². The van der Waals surface area contributed by atoms with E-state index in [1.54, 1.807) is 6.07 Å². The Hall–Kier alpha value is -2.63. The minimum Gasteiger partial charge on any atom is -0.494 e. The van der Waals surface area contributed by atoms with Gasteiger partial charge in [-0.2, -0.15) is 5.10 Å². The van der Waals surface area contributed by atoms with Crippen molar-refractivity contribution < 1.29 is 9.53 Å². The molecule has 1 amide bonds. The van der Waals surface area contributed by atoms with Crippen molar-refractivity contribution in [2.45, 2.75) is 65.0 Å². The number of aryl methyl sites for hydroxylation is 1. The fraction of sp³-hybridized carbons (Fsp3) is 0.522. The van der Waals surface area contributed by atoms with E-state index >= 15 is 0 Å². The highest BCUT2D eigenvalue weighted by Gasteiger charge is 2.22. The van der Waals surface area contributed by atoms with Crippen molar-refractivity contribution in [3.8, 4) is 17.0 Å². The van der Waals surface area contributed by atoms with Gasteiger partial charge >= 0.3 is 0 Å². The molecule has 1 aliphatic rings. The van der Waals surface area contributed by atoms with Gasteiger partial charge in [-0.25, -0.2) is 4.68 Å². The molecule has 0 saturated heterocycles. The summed E-state index contributed by atoms with van der Waals surface area (Å²) in [6.07, 6.45) is 5.69. The minimum absolute atomic E-state index is 0.0690. The molecule has 6 nitrogen and oxygen atoms in total. The predicted octanol–water partition coefficient (Wildman–Crippen LogP) is 3.78. The molecular formula is C23H31N3O3. The summed E-state index contributed by atoms with van der Waals surface area (Å²) in [5.41, 5.74) is 1.50. The van der Waals surface area contributed by atoms with Crippen LogP contribution in [-0.4, -0.2) is 28.3 Å². The summed E-state index contributed by atoms with van der Waals surface area (Å²) in [5.74, 6) is 1.42. The van der Waals surface area contributed by atoms with Crippen LogP contribution in [0.15, 0.2) is 41.2 Å². The Morgan fingerprint density at radius 1 is 1.17 bits per heavy atom. The van der Waals surface area contributed by atoms with Gasteiger partial charge in [0.05, 0.1) is 12.3 Å². The molecule has 1 N–H and O–H groups in total. The highest BCUT2D eigenvalue weighted by Crippen LogP contribution is 2.24. The van der Waals surface area contributed by atoms with Crippen LogP contribution in [0.2, 0.25) is 0 Å². The molecule has 1 aliphatic carbocycles. The molecule has 2 aromatic rings. The van der Waals surface area contributed by atoms with Crippen LogP contribution in [0.5, 0.6) is 5.75 Å². The topological polar surface area (TPSA) is 73.2 Å². The molecule has 1 aromatic carbocycles. The maximum absolute atomic E-state index is 12.3. The van der Waals surface area contributed by atoms with E-state index in [9.17, 15) is 9.59 Å². The molecule has 2 unspecified atom stereocenters. The van der Waals surface area contributed by atoms with Crippen molar-refractivity contribution in [3.63, 3.8) is 0 Å². The minimum atomic E-state index is -0.152. The molecule has 1 aromatic heterocycles. The monoisotopic (exact) mass is 397 g/mol. The first kappa shape index (κ1) is 21.1. The van der Waals surface area contributed by atoms with Crippen molar-refractivity contribution in [1.82, 2.24) is 15.1 Å². The lowest BCUT2D eigenvalue weighted by Crippen LogP contribution is -2.41. The number of carbonyl (C=O) groups is 1.